The van der Waals surface area contributed by atoms with Crippen molar-refractivity contribution in [1.82, 2.24) is 0 Å². The Bertz CT molecular complexity index is 342. The van der Waals surface area contributed by atoms with E-state index < -0.39 is 5.60 Å². The van der Waals surface area contributed by atoms with Gasteiger partial charge in [-0.15, -0.1) is 0 Å². The van der Waals surface area contributed by atoms with Gasteiger partial charge < -0.3 is 5.11 Å². The fourth-order valence-electron chi connectivity index (χ4n) is 1.87. The molecular weight excluding hydrogens is 199 g/mol. The van der Waals surface area contributed by atoms with Gasteiger partial charge in [-0.1, -0.05) is 19.1 Å². The Morgan fingerprint density at radius 1 is 1.57 bits per heavy atom. The minimum absolute atomic E-state index is 0.143. The van der Waals surface area contributed by atoms with Crippen LogP contribution < -0.4 is 0 Å². The molecule has 1 saturated heterocycles. The molecular formula is C11H13FOS. The summed E-state index contributed by atoms with van der Waals surface area (Å²) in [5.41, 5.74) is -0.137. The molecule has 1 N–H and O–H groups in total. The second-order valence-corrected chi connectivity index (χ2v) is 5.15. The third kappa shape index (κ3) is 1.55. The van der Waals surface area contributed by atoms with Crippen LogP contribution in [-0.2, 0) is 5.60 Å². The highest BCUT2D eigenvalue weighted by Crippen LogP contribution is 2.42. The van der Waals surface area contributed by atoms with E-state index in [1.807, 2.05) is 6.92 Å². The molecule has 0 saturated carbocycles. The summed E-state index contributed by atoms with van der Waals surface area (Å²) in [5, 5.41) is 10.5. The molecule has 1 nitrogen and oxygen atoms in total. The molecule has 0 aliphatic carbocycles. The molecule has 76 valence electrons. The highest BCUT2D eigenvalue weighted by Gasteiger charge is 2.40. The van der Waals surface area contributed by atoms with Crippen LogP contribution in [0.5, 0.6) is 0 Å². The first-order valence-corrected chi connectivity index (χ1v) is 5.78. The van der Waals surface area contributed by atoms with Crippen LogP contribution in [0.1, 0.15) is 18.9 Å². The molecule has 0 bridgehead atoms. The highest BCUT2D eigenvalue weighted by atomic mass is 32.2. The summed E-state index contributed by atoms with van der Waals surface area (Å²) in [6.45, 7) is 1.99. The minimum Gasteiger partial charge on any atom is -0.384 e. The van der Waals surface area contributed by atoms with Crippen LogP contribution in [0.4, 0.5) is 4.39 Å². The van der Waals surface area contributed by atoms with Gasteiger partial charge >= 0.3 is 0 Å². The van der Waals surface area contributed by atoms with Crippen LogP contribution in [0.25, 0.3) is 0 Å². The van der Waals surface area contributed by atoms with Crippen LogP contribution in [0.15, 0.2) is 24.3 Å². The summed E-state index contributed by atoms with van der Waals surface area (Å²) >= 11 is 1.73. The van der Waals surface area contributed by atoms with Gasteiger partial charge in [0.1, 0.15) is 11.4 Å². The van der Waals surface area contributed by atoms with E-state index in [2.05, 4.69) is 0 Å². The molecule has 2 unspecified atom stereocenters. The molecule has 3 heteroatoms. The number of benzene rings is 1. The average Bonchev–Trinajstić information content (AvgIpc) is 2.49. The van der Waals surface area contributed by atoms with Gasteiger partial charge in [0, 0.05) is 5.25 Å². The van der Waals surface area contributed by atoms with Crippen molar-refractivity contribution in [3.05, 3.63) is 35.6 Å². The van der Waals surface area contributed by atoms with Gasteiger partial charge in [0.15, 0.2) is 0 Å². The largest absolute Gasteiger partial charge is 0.384 e. The standard InChI is InChI=1S/C11H13FOS/c1-8-11(13,5-6-14-8)9-3-2-4-10(12)7-9/h2-4,7-8,13H,5-6H2,1H3. The first kappa shape index (κ1) is 9.99. The molecule has 0 spiro atoms. The predicted octanol–water partition coefficient (Wildman–Crippen LogP) is 2.54. The van der Waals surface area contributed by atoms with Crippen molar-refractivity contribution in [1.29, 1.82) is 0 Å². The zero-order valence-electron chi connectivity index (χ0n) is 8.03. The highest BCUT2D eigenvalue weighted by molar-refractivity contribution is 8.00. The Morgan fingerprint density at radius 2 is 2.36 bits per heavy atom. The maximum absolute atomic E-state index is 13.0. The lowest BCUT2D eigenvalue weighted by atomic mass is 9.88. The number of hydrogen-bond donors (Lipinski definition) is 1. The van der Waals surface area contributed by atoms with Crippen molar-refractivity contribution >= 4 is 11.8 Å². The number of thioether (sulfide) groups is 1. The molecule has 2 atom stereocenters. The lowest BCUT2D eigenvalue weighted by Gasteiger charge is -2.27. The summed E-state index contributed by atoms with van der Waals surface area (Å²) in [6.07, 6.45) is 0.711. The van der Waals surface area contributed by atoms with Gasteiger partial charge in [0.05, 0.1) is 0 Å². The van der Waals surface area contributed by atoms with Crippen LogP contribution in [0.3, 0.4) is 0 Å². The molecule has 0 amide bonds. The van der Waals surface area contributed by atoms with Crippen molar-refractivity contribution in [2.75, 3.05) is 5.75 Å². The maximum atomic E-state index is 13.0. The van der Waals surface area contributed by atoms with Crippen LogP contribution in [0, 0.1) is 5.82 Å². The Kier molecular flexibility index (Phi) is 2.54. The third-order valence-corrected chi connectivity index (χ3v) is 4.18. The molecule has 1 aliphatic rings. The molecule has 1 heterocycles. The van der Waals surface area contributed by atoms with Crippen molar-refractivity contribution in [2.45, 2.75) is 24.2 Å². The molecule has 0 radical (unpaired) electrons. The van der Waals surface area contributed by atoms with Crippen molar-refractivity contribution in [3.8, 4) is 0 Å². The van der Waals surface area contributed by atoms with E-state index in [4.69, 9.17) is 0 Å². The monoisotopic (exact) mass is 212 g/mol. The fourth-order valence-corrected chi connectivity index (χ4v) is 3.18. The van der Waals surface area contributed by atoms with E-state index in [9.17, 15) is 9.50 Å². The lowest BCUT2D eigenvalue weighted by Crippen LogP contribution is -2.31. The smallest absolute Gasteiger partial charge is 0.123 e. The van der Waals surface area contributed by atoms with Crippen LogP contribution >= 0.6 is 11.8 Å². The molecule has 1 fully saturated rings. The number of rotatable bonds is 1. The van der Waals surface area contributed by atoms with Crippen LogP contribution in [-0.4, -0.2) is 16.1 Å². The number of halogens is 1. The summed E-state index contributed by atoms with van der Waals surface area (Å²) in [5.74, 6) is 0.661. The summed E-state index contributed by atoms with van der Waals surface area (Å²) < 4.78 is 13.0. The summed E-state index contributed by atoms with van der Waals surface area (Å²) in [4.78, 5) is 0. The van der Waals surface area contributed by atoms with Gasteiger partial charge in [0.2, 0.25) is 0 Å². The topological polar surface area (TPSA) is 20.2 Å². The molecule has 14 heavy (non-hydrogen) atoms. The summed E-state index contributed by atoms with van der Waals surface area (Å²) in [6, 6.07) is 6.28. The fraction of sp³-hybridized carbons (Fsp3) is 0.455. The first-order chi connectivity index (χ1) is 6.63. The quantitative estimate of drug-likeness (QED) is 0.772. The van der Waals surface area contributed by atoms with Gasteiger partial charge in [-0.3, -0.25) is 0 Å². The minimum atomic E-state index is -0.841. The average molecular weight is 212 g/mol. The van der Waals surface area contributed by atoms with E-state index >= 15 is 0 Å². The Balaban J connectivity index is 2.38. The molecule has 0 aromatic heterocycles. The first-order valence-electron chi connectivity index (χ1n) is 4.73. The van der Waals surface area contributed by atoms with E-state index in [1.165, 1.54) is 12.1 Å². The summed E-state index contributed by atoms with van der Waals surface area (Å²) in [7, 11) is 0. The zero-order valence-corrected chi connectivity index (χ0v) is 8.85. The SMILES string of the molecule is CC1SCCC1(O)c1cccc(F)c1. The van der Waals surface area contributed by atoms with E-state index in [-0.39, 0.29) is 11.1 Å². The molecule has 1 aromatic carbocycles. The zero-order chi connectivity index (χ0) is 10.2. The molecule has 1 aromatic rings. The van der Waals surface area contributed by atoms with Crippen molar-refractivity contribution < 1.29 is 9.50 Å². The van der Waals surface area contributed by atoms with E-state index in [0.29, 0.717) is 12.0 Å². The van der Waals surface area contributed by atoms with Crippen molar-refractivity contribution in [2.24, 2.45) is 0 Å². The van der Waals surface area contributed by atoms with Gasteiger partial charge in [-0.2, -0.15) is 11.8 Å². The van der Waals surface area contributed by atoms with Crippen LogP contribution in [0.2, 0.25) is 0 Å². The predicted molar refractivity (Wildman–Crippen MR) is 56.8 cm³/mol. The van der Waals surface area contributed by atoms with E-state index in [1.54, 1.807) is 23.9 Å². The lowest BCUT2D eigenvalue weighted by molar-refractivity contribution is 0.0424. The second kappa shape index (κ2) is 3.55. The Morgan fingerprint density at radius 3 is 2.93 bits per heavy atom. The maximum Gasteiger partial charge on any atom is 0.123 e. The van der Waals surface area contributed by atoms with Gasteiger partial charge in [-0.25, -0.2) is 4.39 Å². The number of hydrogen-bond acceptors (Lipinski definition) is 2. The third-order valence-electron chi connectivity index (χ3n) is 2.85. The van der Waals surface area contributed by atoms with Gasteiger partial charge in [-0.05, 0) is 29.9 Å². The normalized spacial score (nSPS) is 32.1. The second-order valence-electron chi connectivity index (χ2n) is 3.70. The number of aliphatic hydroxyl groups is 1. The molecule has 1 aliphatic heterocycles. The van der Waals surface area contributed by atoms with Crippen molar-refractivity contribution in [3.63, 3.8) is 0 Å². The molecule has 2 rings (SSSR count). The van der Waals surface area contributed by atoms with E-state index in [0.717, 1.165) is 5.75 Å². The Labute approximate surface area is 87.3 Å². The Hall–Kier alpha value is -0.540. The van der Waals surface area contributed by atoms with Gasteiger partial charge in [0.25, 0.3) is 0 Å².